The molecule has 0 bridgehead atoms. The summed E-state index contributed by atoms with van der Waals surface area (Å²) in [4.78, 5) is 12.4. The summed E-state index contributed by atoms with van der Waals surface area (Å²) in [7, 11) is 0. The molecular formula is C16H30N2O2. The first-order chi connectivity index (χ1) is 9.44. The maximum absolute atomic E-state index is 12.4. The van der Waals surface area contributed by atoms with Gasteiger partial charge in [0.1, 0.15) is 0 Å². The van der Waals surface area contributed by atoms with E-state index >= 15 is 0 Å². The Labute approximate surface area is 122 Å². The Morgan fingerprint density at radius 2 is 1.85 bits per heavy atom. The molecule has 4 nitrogen and oxygen atoms in total. The third kappa shape index (κ3) is 3.95. The van der Waals surface area contributed by atoms with Gasteiger partial charge >= 0.3 is 0 Å². The van der Waals surface area contributed by atoms with Crippen molar-refractivity contribution in [1.29, 1.82) is 0 Å². The fraction of sp³-hybridized carbons (Fsp3) is 0.938. The first-order valence-corrected chi connectivity index (χ1v) is 8.23. The molecule has 2 rings (SSSR count). The van der Waals surface area contributed by atoms with Crippen molar-refractivity contribution in [2.75, 3.05) is 6.54 Å². The van der Waals surface area contributed by atoms with E-state index in [9.17, 15) is 9.90 Å². The van der Waals surface area contributed by atoms with Gasteiger partial charge in [0.15, 0.2) is 0 Å². The van der Waals surface area contributed by atoms with Crippen LogP contribution in [0.1, 0.15) is 71.1 Å². The number of nitrogens with two attached hydrogens (primary N) is 1. The highest BCUT2D eigenvalue weighted by Gasteiger charge is 2.39. The molecular weight excluding hydrogens is 252 g/mol. The van der Waals surface area contributed by atoms with E-state index in [1.807, 2.05) is 0 Å². The number of aliphatic hydroxyl groups is 1. The van der Waals surface area contributed by atoms with Gasteiger partial charge in [-0.1, -0.05) is 45.4 Å². The Balaban J connectivity index is 1.87. The minimum absolute atomic E-state index is 0.0679. The highest BCUT2D eigenvalue weighted by atomic mass is 16.3. The van der Waals surface area contributed by atoms with Crippen molar-refractivity contribution in [3.8, 4) is 0 Å². The molecule has 116 valence electrons. The van der Waals surface area contributed by atoms with Crippen molar-refractivity contribution in [2.45, 2.75) is 82.3 Å². The van der Waals surface area contributed by atoms with Crippen LogP contribution in [-0.2, 0) is 4.79 Å². The number of rotatable bonds is 3. The van der Waals surface area contributed by atoms with Gasteiger partial charge in [0.2, 0.25) is 5.91 Å². The molecule has 2 aliphatic carbocycles. The van der Waals surface area contributed by atoms with Crippen LogP contribution in [0.5, 0.6) is 0 Å². The molecule has 4 N–H and O–H groups in total. The van der Waals surface area contributed by atoms with Crippen LogP contribution in [0, 0.1) is 5.92 Å². The van der Waals surface area contributed by atoms with Gasteiger partial charge in [-0.05, 0) is 31.6 Å². The second kappa shape index (κ2) is 6.44. The largest absolute Gasteiger partial charge is 0.388 e. The Morgan fingerprint density at radius 1 is 1.20 bits per heavy atom. The van der Waals surface area contributed by atoms with Crippen molar-refractivity contribution in [3.63, 3.8) is 0 Å². The lowest BCUT2D eigenvalue weighted by molar-refractivity contribution is -0.129. The second-order valence-electron chi connectivity index (χ2n) is 7.18. The highest BCUT2D eigenvalue weighted by Crippen LogP contribution is 2.31. The van der Waals surface area contributed by atoms with Crippen molar-refractivity contribution < 1.29 is 9.90 Å². The van der Waals surface area contributed by atoms with Crippen LogP contribution in [0.2, 0.25) is 0 Å². The quantitative estimate of drug-likeness (QED) is 0.694. The second-order valence-corrected chi connectivity index (χ2v) is 7.18. The summed E-state index contributed by atoms with van der Waals surface area (Å²) in [5, 5.41) is 13.5. The number of hydrogen-bond donors (Lipinski definition) is 3. The summed E-state index contributed by atoms with van der Waals surface area (Å²) in [6.07, 6.45) is 9.78. The third-order valence-electron chi connectivity index (χ3n) is 5.10. The molecule has 4 heteroatoms. The van der Waals surface area contributed by atoms with Gasteiger partial charge in [-0.25, -0.2) is 0 Å². The monoisotopic (exact) mass is 282 g/mol. The van der Waals surface area contributed by atoms with Gasteiger partial charge in [-0.3, -0.25) is 4.79 Å². The zero-order valence-electron chi connectivity index (χ0n) is 12.8. The lowest BCUT2D eigenvalue weighted by Crippen LogP contribution is -2.58. The van der Waals surface area contributed by atoms with Crippen LogP contribution < -0.4 is 11.1 Å². The molecule has 0 spiro atoms. The summed E-state index contributed by atoms with van der Waals surface area (Å²) in [6.45, 7) is 2.52. The molecule has 2 fully saturated rings. The molecule has 0 aromatic rings. The predicted octanol–water partition coefficient (Wildman–Crippen LogP) is 2.10. The molecule has 0 aromatic heterocycles. The van der Waals surface area contributed by atoms with E-state index in [1.165, 1.54) is 12.8 Å². The summed E-state index contributed by atoms with van der Waals surface area (Å²) in [5.74, 6) is 0.446. The smallest absolute Gasteiger partial charge is 0.240 e. The zero-order chi connectivity index (χ0) is 14.6. The Kier molecular flexibility index (Phi) is 5.08. The molecule has 1 amide bonds. The van der Waals surface area contributed by atoms with Crippen LogP contribution in [0.25, 0.3) is 0 Å². The number of amides is 1. The Morgan fingerprint density at radius 3 is 2.45 bits per heavy atom. The molecule has 2 atom stereocenters. The maximum Gasteiger partial charge on any atom is 0.240 e. The van der Waals surface area contributed by atoms with E-state index in [0.29, 0.717) is 12.5 Å². The maximum atomic E-state index is 12.4. The first-order valence-electron chi connectivity index (χ1n) is 8.23. The van der Waals surface area contributed by atoms with E-state index in [4.69, 9.17) is 5.73 Å². The average molecular weight is 282 g/mol. The predicted molar refractivity (Wildman–Crippen MR) is 80.2 cm³/mol. The molecule has 2 unspecified atom stereocenters. The SMILES string of the molecule is CC1CCCC(N)(C(=O)NCC2(O)CCCCCC2)C1. The number of carbonyl (C=O) groups excluding carboxylic acids is 1. The Hall–Kier alpha value is -0.610. The van der Waals surface area contributed by atoms with Crippen molar-refractivity contribution >= 4 is 5.91 Å². The summed E-state index contributed by atoms with van der Waals surface area (Å²) >= 11 is 0. The van der Waals surface area contributed by atoms with Crippen LogP contribution in [0.3, 0.4) is 0 Å². The molecule has 0 aromatic carbocycles. The van der Waals surface area contributed by atoms with Crippen LogP contribution in [-0.4, -0.2) is 28.7 Å². The number of hydrogen-bond acceptors (Lipinski definition) is 3. The lowest BCUT2D eigenvalue weighted by atomic mass is 9.76. The first kappa shape index (κ1) is 15.8. The topological polar surface area (TPSA) is 75.4 Å². The summed E-state index contributed by atoms with van der Waals surface area (Å²) < 4.78 is 0. The van der Waals surface area contributed by atoms with Crippen LogP contribution in [0.15, 0.2) is 0 Å². The molecule has 20 heavy (non-hydrogen) atoms. The molecule has 2 aliphatic rings. The standard InChI is InChI=1S/C16H30N2O2/c1-13-7-6-10-16(17,11-13)14(19)18-12-15(20)8-4-2-3-5-9-15/h13,20H,2-12,17H2,1H3,(H,18,19). The molecule has 0 aliphatic heterocycles. The summed E-state index contributed by atoms with van der Waals surface area (Å²) in [5.41, 5.74) is 4.85. The Bertz CT molecular complexity index is 337. The van der Waals surface area contributed by atoms with Gasteiger partial charge in [0.25, 0.3) is 0 Å². The van der Waals surface area contributed by atoms with Crippen molar-refractivity contribution in [1.82, 2.24) is 5.32 Å². The lowest BCUT2D eigenvalue weighted by Gasteiger charge is -2.36. The van der Waals surface area contributed by atoms with Gasteiger partial charge in [-0.15, -0.1) is 0 Å². The molecule has 0 radical (unpaired) electrons. The average Bonchev–Trinajstić information content (AvgIpc) is 2.61. The fourth-order valence-electron chi connectivity index (χ4n) is 3.78. The number of nitrogens with one attached hydrogen (secondary N) is 1. The minimum Gasteiger partial charge on any atom is -0.388 e. The van der Waals surface area contributed by atoms with Crippen molar-refractivity contribution in [3.05, 3.63) is 0 Å². The van der Waals surface area contributed by atoms with E-state index in [2.05, 4.69) is 12.2 Å². The van der Waals surface area contributed by atoms with E-state index in [-0.39, 0.29) is 5.91 Å². The zero-order valence-corrected chi connectivity index (χ0v) is 12.8. The van der Waals surface area contributed by atoms with Gasteiger partial charge in [0.05, 0.1) is 11.1 Å². The normalized spacial score (nSPS) is 34.2. The fourth-order valence-corrected chi connectivity index (χ4v) is 3.78. The molecule has 2 saturated carbocycles. The highest BCUT2D eigenvalue weighted by molar-refractivity contribution is 5.86. The van der Waals surface area contributed by atoms with Gasteiger partial charge < -0.3 is 16.2 Å². The van der Waals surface area contributed by atoms with E-state index < -0.39 is 11.1 Å². The summed E-state index contributed by atoms with van der Waals surface area (Å²) in [6, 6.07) is 0. The van der Waals surface area contributed by atoms with E-state index in [1.54, 1.807) is 0 Å². The van der Waals surface area contributed by atoms with Gasteiger partial charge in [0, 0.05) is 6.54 Å². The molecule has 0 saturated heterocycles. The minimum atomic E-state index is -0.723. The number of carbonyl (C=O) groups is 1. The third-order valence-corrected chi connectivity index (χ3v) is 5.10. The molecule has 0 heterocycles. The van der Waals surface area contributed by atoms with Crippen LogP contribution in [0.4, 0.5) is 0 Å². The van der Waals surface area contributed by atoms with Gasteiger partial charge in [-0.2, -0.15) is 0 Å². The van der Waals surface area contributed by atoms with E-state index in [0.717, 1.165) is 51.4 Å². The van der Waals surface area contributed by atoms with Crippen molar-refractivity contribution in [2.24, 2.45) is 11.7 Å². The van der Waals surface area contributed by atoms with Crippen LogP contribution >= 0.6 is 0 Å².